The van der Waals surface area contributed by atoms with Gasteiger partial charge < -0.3 is 9.72 Å². The lowest BCUT2D eigenvalue weighted by molar-refractivity contribution is -0.112. The van der Waals surface area contributed by atoms with Gasteiger partial charge in [0.05, 0.1) is 0 Å². The average Bonchev–Trinajstić information content (AvgIpc) is 3.10. The van der Waals surface area contributed by atoms with Gasteiger partial charge in [-0.3, -0.25) is 9.59 Å². The lowest BCUT2D eigenvalue weighted by Crippen LogP contribution is -2.25. The number of carbonyl (C=O) groups excluding carboxylic acids is 2. The van der Waals surface area contributed by atoms with Crippen LogP contribution in [0.2, 0.25) is 5.02 Å². The van der Waals surface area contributed by atoms with E-state index in [1.165, 1.54) is 0 Å². The van der Waals surface area contributed by atoms with Gasteiger partial charge >= 0.3 is 0 Å². The van der Waals surface area contributed by atoms with Crippen molar-refractivity contribution in [3.63, 3.8) is 0 Å². The second kappa shape index (κ2) is 7.33. The van der Waals surface area contributed by atoms with Gasteiger partial charge in [0.2, 0.25) is 0 Å². The highest BCUT2D eigenvalue weighted by Crippen LogP contribution is 2.29. The van der Waals surface area contributed by atoms with E-state index in [1.54, 1.807) is 28.8 Å². The molecule has 0 spiro atoms. The van der Waals surface area contributed by atoms with Crippen molar-refractivity contribution in [3.05, 3.63) is 95.3 Å². The van der Waals surface area contributed by atoms with Crippen LogP contribution in [0.3, 0.4) is 0 Å². The zero-order valence-electron chi connectivity index (χ0n) is 15.1. The molecule has 0 unspecified atom stereocenters. The number of hydrogen-bond acceptors (Lipinski definition) is 2. The van der Waals surface area contributed by atoms with Crippen LogP contribution in [0, 0.1) is 6.92 Å². The topological polar surface area (TPSA) is 50.6 Å². The Bertz CT molecular complexity index is 1200. The molecule has 0 aliphatic carbocycles. The first kappa shape index (κ1) is 18.0. The first-order valence-corrected chi connectivity index (χ1v) is 9.20. The zero-order valence-corrected chi connectivity index (χ0v) is 15.9. The van der Waals surface area contributed by atoms with Crippen molar-refractivity contribution in [1.82, 2.24) is 4.40 Å². The van der Waals surface area contributed by atoms with Gasteiger partial charge in [-0.05, 0) is 48.4 Å². The maximum absolute atomic E-state index is 13.1. The van der Waals surface area contributed by atoms with E-state index >= 15 is 0 Å². The quantitative estimate of drug-likeness (QED) is 0.376. The van der Waals surface area contributed by atoms with Crippen LogP contribution in [0.25, 0.3) is 16.6 Å². The molecule has 0 saturated carbocycles. The van der Waals surface area contributed by atoms with E-state index in [4.69, 9.17) is 11.6 Å². The molecule has 4 rings (SSSR count). The Kier molecular flexibility index (Phi) is 4.72. The molecule has 1 N–H and O–H groups in total. The Balaban J connectivity index is 1.78. The van der Waals surface area contributed by atoms with E-state index in [-0.39, 0.29) is 0 Å². The minimum Gasteiger partial charge on any atom is -0.319 e. The minimum absolute atomic E-state index is 0.332. The number of hydrogen-bond donors (Lipinski definition) is 1. The van der Waals surface area contributed by atoms with Gasteiger partial charge in [-0.2, -0.15) is 0 Å². The monoisotopic (exact) mass is 388 g/mol. The van der Waals surface area contributed by atoms with Crippen molar-refractivity contribution in [2.75, 3.05) is 5.32 Å². The number of pyridine rings is 1. The molecule has 0 aliphatic rings. The van der Waals surface area contributed by atoms with E-state index in [0.29, 0.717) is 16.4 Å². The highest BCUT2D eigenvalue weighted by Gasteiger charge is 2.25. The number of nitrogens with zero attached hydrogens (tertiary/aromatic N) is 1. The van der Waals surface area contributed by atoms with Crippen LogP contribution < -0.4 is 5.32 Å². The van der Waals surface area contributed by atoms with Gasteiger partial charge in [-0.25, -0.2) is 0 Å². The van der Waals surface area contributed by atoms with Crippen molar-refractivity contribution in [2.24, 2.45) is 0 Å². The van der Waals surface area contributed by atoms with E-state index in [1.807, 2.05) is 61.5 Å². The molecule has 28 heavy (non-hydrogen) atoms. The lowest BCUT2D eigenvalue weighted by atomic mass is 10.0. The van der Waals surface area contributed by atoms with Gasteiger partial charge in [0, 0.05) is 28.0 Å². The number of halogens is 1. The summed E-state index contributed by atoms with van der Waals surface area (Å²) in [5.41, 5.74) is 4.12. The third-order valence-electron chi connectivity index (χ3n) is 4.63. The molecule has 4 nitrogen and oxygen atoms in total. The first-order valence-electron chi connectivity index (χ1n) is 8.82. The molecule has 2 heterocycles. The number of rotatable bonds is 4. The van der Waals surface area contributed by atoms with Crippen molar-refractivity contribution in [1.29, 1.82) is 0 Å². The fourth-order valence-corrected chi connectivity index (χ4v) is 3.38. The summed E-state index contributed by atoms with van der Waals surface area (Å²) in [7, 11) is 0. The van der Waals surface area contributed by atoms with Gasteiger partial charge in [-0.1, -0.05) is 54.1 Å². The molecule has 4 aromatic rings. The molecule has 0 fully saturated rings. The highest BCUT2D eigenvalue weighted by atomic mass is 35.5. The Morgan fingerprint density at radius 1 is 0.929 bits per heavy atom. The number of aromatic nitrogens is 1. The molecule has 0 saturated heterocycles. The van der Waals surface area contributed by atoms with Crippen molar-refractivity contribution in [3.8, 4) is 11.1 Å². The van der Waals surface area contributed by atoms with Gasteiger partial charge in [0.1, 0.15) is 5.69 Å². The largest absolute Gasteiger partial charge is 0.319 e. The second-order valence-corrected chi connectivity index (χ2v) is 6.95. The molecule has 2 aromatic heterocycles. The van der Waals surface area contributed by atoms with Crippen LogP contribution in [0.1, 0.15) is 16.1 Å². The van der Waals surface area contributed by atoms with Crippen LogP contribution in [0.4, 0.5) is 5.69 Å². The molecule has 0 aliphatic heterocycles. The van der Waals surface area contributed by atoms with E-state index in [2.05, 4.69) is 5.32 Å². The summed E-state index contributed by atoms with van der Waals surface area (Å²) in [6.07, 6.45) is 1.78. The smallest absolute Gasteiger partial charge is 0.298 e. The predicted molar refractivity (Wildman–Crippen MR) is 112 cm³/mol. The summed E-state index contributed by atoms with van der Waals surface area (Å²) in [4.78, 5) is 25.9. The zero-order chi connectivity index (χ0) is 19.7. The summed E-state index contributed by atoms with van der Waals surface area (Å²) in [5.74, 6) is -1.31. The van der Waals surface area contributed by atoms with Crippen LogP contribution in [-0.2, 0) is 4.79 Å². The maximum atomic E-state index is 13.1. The summed E-state index contributed by atoms with van der Waals surface area (Å²) < 4.78 is 1.75. The van der Waals surface area contributed by atoms with Crippen LogP contribution in [0.15, 0.2) is 79.0 Å². The van der Waals surface area contributed by atoms with E-state index in [0.717, 1.165) is 22.2 Å². The SMILES string of the molecule is Cc1ccc(Cl)cc1NC(=O)C(=O)c1c(-c2ccccc2)cc2ccccn12. The summed E-state index contributed by atoms with van der Waals surface area (Å²) in [6.45, 7) is 1.85. The van der Waals surface area contributed by atoms with Crippen molar-refractivity contribution < 1.29 is 9.59 Å². The van der Waals surface area contributed by atoms with Crippen molar-refractivity contribution >= 4 is 34.5 Å². The molecular formula is C23H17ClN2O2. The van der Waals surface area contributed by atoms with Crippen LogP contribution >= 0.6 is 11.6 Å². The summed E-state index contributed by atoms with van der Waals surface area (Å²) in [5, 5.41) is 3.19. The van der Waals surface area contributed by atoms with Gasteiger partial charge in [0.15, 0.2) is 0 Å². The fourth-order valence-electron chi connectivity index (χ4n) is 3.21. The van der Waals surface area contributed by atoms with Crippen molar-refractivity contribution in [2.45, 2.75) is 6.92 Å². The number of fused-ring (bicyclic) bond motifs is 1. The Labute approximate surface area is 167 Å². The number of ketones is 1. The van der Waals surface area contributed by atoms with Crippen LogP contribution in [0.5, 0.6) is 0 Å². The predicted octanol–water partition coefficient (Wildman–Crippen LogP) is 5.39. The molecule has 1 amide bonds. The lowest BCUT2D eigenvalue weighted by Gasteiger charge is -2.10. The van der Waals surface area contributed by atoms with Gasteiger partial charge in [-0.15, -0.1) is 0 Å². The number of carbonyl (C=O) groups is 2. The number of aryl methyl sites for hydroxylation is 1. The number of amides is 1. The highest BCUT2D eigenvalue weighted by molar-refractivity contribution is 6.47. The number of Topliss-reactive ketones (excluding diaryl/α,β-unsaturated/α-hetero) is 1. The molecule has 5 heteroatoms. The number of anilines is 1. The Morgan fingerprint density at radius 2 is 1.68 bits per heavy atom. The standard InChI is InChI=1S/C23H17ClN2O2/c1-15-10-11-17(24)13-20(15)25-23(28)22(27)21-19(16-7-3-2-4-8-16)14-18-9-5-6-12-26(18)21/h2-14H,1H3,(H,25,28). The third kappa shape index (κ3) is 3.30. The minimum atomic E-state index is -0.702. The van der Waals surface area contributed by atoms with E-state index < -0.39 is 11.7 Å². The molecule has 2 aromatic carbocycles. The molecule has 138 valence electrons. The normalized spacial score (nSPS) is 10.8. The molecule has 0 bridgehead atoms. The average molecular weight is 389 g/mol. The van der Waals surface area contributed by atoms with Crippen LogP contribution in [-0.4, -0.2) is 16.1 Å². The summed E-state index contributed by atoms with van der Waals surface area (Å²) >= 11 is 6.02. The van der Waals surface area contributed by atoms with Gasteiger partial charge in [0.25, 0.3) is 11.7 Å². The Hall–Kier alpha value is -3.37. The maximum Gasteiger partial charge on any atom is 0.298 e. The molecule has 0 atom stereocenters. The fraction of sp³-hybridized carbons (Fsp3) is 0.0435. The second-order valence-electron chi connectivity index (χ2n) is 6.51. The number of benzene rings is 2. The first-order chi connectivity index (χ1) is 13.5. The molecular weight excluding hydrogens is 372 g/mol. The van der Waals surface area contributed by atoms with E-state index in [9.17, 15) is 9.59 Å². The third-order valence-corrected chi connectivity index (χ3v) is 4.87. The summed E-state index contributed by atoms with van der Waals surface area (Å²) in [6, 6.07) is 22.3. The number of nitrogens with one attached hydrogen (secondary N) is 1. The molecule has 0 radical (unpaired) electrons. The Morgan fingerprint density at radius 3 is 2.46 bits per heavy atom.